The molecule has 6 heteroatoms. The minimum Gasteiger partial charge on any atom is -0.389 e. The number of benzene rings is 1. The number of nitrogens with two attached hydrogens (primary N) is 1. The lowest BCUT2D eigenvalue weighted by Gasteiger charge is -2.34. The fourth-order valence-corrected chi connectivity index (χ4v) is 2.69. The predicted octanol–water partition coefficient (Wildman–Crippen LogP) is 1.37. The van der Waals surface area contributed by atoms with Crippen molar-refractivity contribution in [1.29, 1.82) is 0 Å². The van der Waals surface area contributed by atoms with E-state index in [0.29, 0.717) is 17.2 Å². The summed E-state index contributed by atoms with van der Waals surface area (Å²) in [5, 5.41) is 2.88. The first-order valence-corrected chi connectivity index (χ1v) is 7.42. The molecule has 1 fully saturated rings. The van der Waals surface area contributed by atoms with Crippen molar-refractivity contribution < 1.29 is 9.53 Å². The summed E-state index contributed by atoms with van der Waals surface area (Å²) in [7, 11) is 0. The number of thiocarbonyl (C=S) groups is 1. The van der Waals surface area contributed by atoms with Gasteiger partial charge in [0.15, 0.2) is 0 Å². The van der Waals surface area contributed by atoms with Gasteiger partial charge in [-0.1, -0.05) is 24.4 Å². The third-order valence-electron chi connectivity index (χ3n) is 3.29. The summed E-state index contributed by atoms with van der Waals surface area (Å²) >= 11 is 4.93. The van der Waals surface area contributed by atoms with Gasteiger partial charge >= 0.3 is 0 Å². The van der Waals surface area contributed by atoms with Gasteiger partial charge in [0.05, 0.1) is 18.8 Å². The van der Waals surface area contributed by atoms with Gasteiger partial charge in [0.1, 0.15) is 4.99 Å². The Bertz CT molecular complexity index is 525. The molecule has 2 atom stereocenters. The van der Waals surface area contributed by atoms with Crippen molar-refractivity contribution in [3.8, 4) is 0 Å². The Labute approximate surface area is 130 Å². The van der Waals surface area contributed by atoms with E-state index in [9.17, 15) is 4.79 Å². The number of amides is 1. The third-order valence-corrected chi connectivity index (χ3v) is 3.53. The van der Waals surface area contributed by atoms with Crippen LogP contribution in [0.1, 0.15) is 19.4 Å². The summed E-state index contributed by atoms with van der Waals surface area (Å²) in [6, 6.07) is 7.25. The van der Waals surface area contributed by atoms with Gasteiger partial charge in [-0.2, -0.15) is 0 Å². The van der Waals surface area contributed by atoms with E-state index < -0.39 is 0 Å². The predicted molar refractivity (Wildman–Crippen MR) is 87.4 cm³/mol. The number of ether oxygens (including phenoxy) is 1. The second-order valence-electron chi connectivity index (χ2n) is 5.44. The van der Waals surface area contributed by atoms with Crippen LogP contribution in [0.25, 0.3) is 0 Å². The molecule has 0 spiro atoms. The largest absolute Gasteiger partial charge is 0.389 e. The van der Waals surface area contributed by atoms with Crippen molar-refractivity contribution in [1.82, 2.24) is 4.90 Å². The number of hydrogen-bond acceptors (Lipinski definition) is 4. The lowest BCUT2D eigenvalue weighted by Crippen LogP contribution is -2.48. The fraction of sp³-hybridized carbons (Fsp3) is 0.467. The smallest absolute Gasteiger partial charge is 0.238 e. The van der Waals surface area contributed by atoms with Gasteiger partial charge < -0.3 is 15.8 Å². The summed E-state index contributed by atoms with van der Waals surface area (Å²) in [5.41, 5.74) is 7.04. The number of rotatable bonds is 4. The topological polar surface area (TPSA) is 67.6 Å². The Hall–Kier alpha value is -1.50. The molecular weight excluding hydrogens is 286 g/mol. The summed E-state index contributed by atoms with van der Waals surface area (Å²) < 4.78 is 5.66. The van der Waals surface area contributed by atoms with E-state index in [0.717, 1.165) is 18.7 Å². The summed E-state index contributed by atoms with van der Waals surface area (Å²) in [4.78, 5) is 14.5. The number of hydrogen-bond donors (Lipinski definition) is 2. The second kappa shape index (κ2) is 6.98. The Morgan fingerprint density at radius 3 is 2.71 bits per heavy atom. The van der Waals surface area contributed by atoms with E-state index in [2.05, 4.69) is 10.2 Å². The number of morpholine rings is 1. The quantitative estimate of drug-likeness (QED) is 0.822. The minimum atomic E-state index is -0.0450. The average Bonchev–Trinajstić information content (AvgIpc) is 2.37. The number of carbonyl (C=O) groups excluding carboxylic acids is 1. The summed E-state index contributed by atoms with van der Waals surface area (Å²) in [5.74, 6) is -0.0450. The number of anilines is 1. The molecule has 1 heterocycles. The molecule has 0 aliphatic carbocycles. The van der Waals surface area contributed by atoms with Gasteiger partial charge in [0.2, 0.25) is 5.91 Å². The first-order chi connectivity index (χ1) is 9.94. The molecule has 0 aromatic heterocycles. The first kappa shape index (κ1) is 15.9. The standard InChI is InChI=1S/C15H21N3O2S/c1-10-7-18(8-11(2)20-10)9-14(19)17-13-5-3-4-12(6-13)15(16)21/h3-6,10-11H,7-9H2,1-2H3,(H2,16,21)(H,17,19)/t10-,11+. The highest BCUT2D eigenvalue weighted by Gasteiger charge is 2.23. The van der Waals surface area contributed by atoms with Crippen LogP contribution in [0.3, 0.4) is 0 Å². The second-order valence-corrected chi connectivity index (χ2v) is 5.88. The maximum atomic E-state index is 12.1. The van der Waals surface area contributed by atoms with Crippen molar-refractivity contribution in [3.63, 3.8) is 0 Å². The monoisotopic (exact) mass is 307 g/mol. The molecule has 2 rings (SSSR count). The maximum Gasteiger partial charge on any atom is 0.238 e. The summed E-state index contributed by atoms with van der Waals surface area (Å²) in [6.07, 6.45) is 0.305. The van der Waals surface area contributed by atoms with E-state index in [1.807, 2.05) is 32.0 Å². The molecule has 5 nitrogen and oxygen atoms in total. The molecule has 0 bridgehead atoms. The third kappa shape index (κ3) is 4.77. The molecule has 21 heavy (non-hydrogen) atoms. The molecule has 0 radical (unpaired) electrons. The van der Waals surface area contributed by atoms with Crippen LogP contribution in [0.2, 0.25) is 0 Å². The van der Waals surface area contributed by atoms with Crippen LogP contribution in [-0.4, -0.2) is 47.6 Å². The van der Waals surface area contributed by atoms with E-state index in [-0.39, 0.29) is 18.1 Å². The molecule has 0 saturated carbocycles. The van der Waals surface area contributed by atoms with E-state index in [1.165, 1.54) is 0 Å². The number of nitrogens with zero attached hydrogens (tertiary/aromatic N) is 1. The Balaban J connectivity index is 1.92. The van der Waals surface area contributed by atoms with Crippen LogP contribution in [0, 0.1) is 0 Å². The van der Waals surface area contributed by atoms with Crippen molar-refractivity contribution in [2.24, 2.45) is 5.73 Å². The lowest BCUT2D eigenvalue weighted by molar-refractivity contribution is -0.121. The molecular formula is C15H21N3O2S. The van der Waals surface area contributed by atoms with Crippen LogP contribution in [0.15, 0.2) is 24.3 Å². The van der Waals surface area contributed by atoms with Crippen LogP contribution >= 0.6 is 12.2 Å². The zero-order valence-corrected chi connectivity index (χ0v) is 13.2. The van der Waals surface area contributed by atoms with Gasteiger partial charge in [-0.25, -0.2) is 0 Å². The van der Waals surface area contributed by atoms with Crippen molar-refractivity contribution >= 4 is 28.8 Å². The Morgan fingerprint density at radius 1 is 1.43 bits per heavy atom. The Kier molecular flexibility index (Phi) is 5.27. The van der Waals surface area contributed by atoms with Crippen molar-refractivity contribution in [3.05, 3.63) is 29.8 Å². The van der Waals surface area contributed by atoms with Crippen molar-refractivity contribution in [2.75, 3.05) is 25.0 Å². The molecule has 3 N–H and O–H groups in total. The lowest BCUT2D eigenvalue weighted by atomic mass is 10.2. The SMILES string of the molecule is C[C@@H]1CN(CC(=O)Nc2cccc(C(N)=S)c2)C[C@H](C)O1. The molecule has 0 unspecified atom stereocenters. The fourth-order valence-electron chi connectivity index (χ4n) is 2.57. The zero-order chi connectivity index (χ0) is 15.4. The van der Waals surface area contributed by atoms with Crippen LogP contribution in [0.4, 0.5) is 5.69 Å². The molecule has 1 aliphatic rings. The summed E-state index contributed by atoms with van der Waals surface area (Å²) in [6.45, 7) is 5.93. The van der Waals surface area contributed by atoms with Gasteiger partial charge in [-0.05, 0) is 26.0 Å². The van der Waals surface area contributed by atoms with Gasteiger partial charge in [0.25, 0.3) is 0 Å². The van der Waals surface area contributed by atoms with E-state index in [4.69, 9.17) is 22.7 Å². The van der Waals surface area contributed by atoms with Gasteiger partial charge in [0, 0.05) is 24.3 Å². The van der Waals surface area contributed by atoms with Gasteiger partial charge in [-0.3, -0.25) is 9.69 Å². The van der Waals surface area contributed by atoms with Gasteiger partial charge in [-0.15, -0.1) is 0 Å². The normalized spacial score (nSPS) is 22.8. The molecule has 1 aromatic rings. The molecule has 1 saturated heterocycles. The number of carbonyl (C=O) groups is 1. The van der Waals surface area contributed by atoms with Crippen molar-refractivity contribution in [2.45, 2.75) is 26.1 Å². The average molecular weight is 307 g/mol. The number of nitrogens with one attached hydrogen (secondary N) is 1. The molecule has 1 aliphatic heterocycles. The van der Waals surface area contributed by atoms with Crippen LogP contribution in [0.5, 0.6) is 0 Å². The maximum absolute atomic E-state index is 12.1. The van der Waals surface area contributed by atoms with E-state index in [1.54, 1.807) is 6.07 Å². The molecule has 114 valence electrons. The van der Waals surface area contributed by atoms with Crippen LogP contribution < -0.4 is 11.1 Å². The minimum absolute atomic E-state index is 0.0450. The first-order valence-electron chi connectivity index (χ1n) is 7.01. The zero-order valence-electron chi connectivity index (χ0n) is 12.3. The highest BCUT2D eigenvalue weighted by atomic mass is 32.1. The molecule has 1 aromatic carbocycles. The Morgan fingerprint density at radius 2 is 2.10 bits per heavy atom. The van der Waals surface area contributed by atoms with E-state index >= 15 is 0 Å². The highest BCUT2D eigenvalue weighted by Crippen LogP contribution is 2.13. The molecule has 1 amide bonds. The highest BCUT2D eigenvalue weighted by molar-refractivity contribution is 7.80. The van der Waals surface area contributed by atoms with Crippen LogP contribution in [-0.2, 0) is 9.53 Å².